The number of carbonyl (C=O) groups is 1. The maximum Gasteiger partial charge on any atom is 0.245 e. The SMILES string of the molecule is NS(=O)(=O)c1ccc(-c2cn(C(Cc3ccccc3)C(=O)NCc3ccc(F)cc3)nn2)cc1. The largest absolute Gasteiger partial charge is 0.350 e. The number of primary sulfonamides is 1. The van der Waals surface area contributed by atoms with Gasteiger partial charge in [0.25, 0.3) is 0 Å². The molecule has 10 heteroatoms. The van der Waals surface area contributed by atoms with E-state index < -0.39 is 16.1 Å². The zero-order valence-electron chi connectivity index (χ0n) is 18.0. The molecule has 0 aliphatic carbocycles. The van der Waals surface area contributed by atoms with Gasteiger partial charge in [0.1, 0.15) is 17.6 Å². The van der Waals surface area contributed by atoms with Gasteiger partial charge < -0.3 is 5.32 Å². The molecule has 0 fully saturated rings. The number of nitrogens with zero attached hydrogens (tertiary/aromatic N) is 3. The van der Waals surface area contributed by atoms with Crippen molar-refractivity contribution in [3.05, 3.63) is 102 Å². The number of hydrogen-bond donors (Lipinski definition) is 2. The van der Waals surface area contributed by atoms with E-state index in [1.165, 1.54) is 28.9 Å². The predicted molar refractivity (Wildman–Crippen MR) is 124 cm³/mol. The lowest BCUT2D eigenvalue weighted by atomic mass is 10.1. The molecule has 0 aliphatic heterocycles. The van der Waals surface area contributed by atoms with E-state index in [-0.39, 0.29) is 23.2 Å². The Labute approximate surface area is 196 Å². The Balaban J connectivity index is 1.57. The number of nitrogens with one attached hydrogen (secondary N) is 1. The molecule has 174 valence electrons. The van der Waals surface area contributed by atoms with E-state index in [2.05, 4.69) is 15.6 Å². The summed E-state index contributed by atoms with van der Waals surface area (Å²) in [6, 6.07) is 20.7. The van der Waals surface area contributed by atoms with Gasteiger partial charge in [-0.3, -0.25) is 4.79 Å². The van der Waals surface area contributed by atoms with Gasteiger partial charge in [-0.25, -0.2) is 22.6 Å². The zero-order chi connectivity index (χ0) is 24.1. The monoisotopic (exact) mass is 479 g/mol. The fourth-order valence-corrected chi connectivity index (χ4v) is 3.95. The topological polar surface area (TPSA) is 120 Å². The first-order chi connectivity index (χ1) is 16.3. The van der Waals surface area contributed by atoms with Gasteiger partial charge in [0.2, 0.25) is 15.9 Å². The molecular weight excluding hydrogens is 457 g/mol. The fraction of sp³-hybridized carbons (Fsp3) is 0.125. The third-order valence-corrected chi connectivity index (χ3v) is 6.19. The van der Waals surface area contributed by atoms with E-state index in [1.54, 1.807) is 30.5 Å². The fourth-order valence-electron chi connectivity index (χ4n) is 3.43. The van der Waals surface area contributed by atoms with Crippen LogP contribution in [-0.2, 0) is 27.8 Å². The second-order valence-electron chi connectivity index (χ2n) is 7.70. The highest BCUT2D eigenvalue weighted by molar-refractivity contribution is 7.89. The molecule has 34 heavy (non-hydrogen) atoms. The lowest BCUT2D eigenvalue weighted by Gasteiger charge is -2.17. The van der Waals surface area contributed by atoms with Gasteiger partial charge in [-0.05, 0) is 35.4 Å². The molecule has 0 saturated carbocycles. The number of benzene rings is 3. The first kappa shape index (κ1) is 23.3. The average molecular weight is 480 g/mol. The summed E-state index contributed by atoms with van der Waals surface area (Å²) in [7, 11) is -3.80. The standard InChI is InChI=1S/C24H22FN5O3S/c25-20-10-6-18(7-11-20)15-27-24(31)23(14-17-4-2-1-3-5-17)30-16-22(28-29-30)19-8-12-21(13-9-19)34(26,32)33/h1-13,16,23H,14-15H2,(H,27,31)(H2,26,32,33). The van der Waals surface area contributed by atoms with Gasteiger partial charge in [0, 0.05) is 18.5 Å². The maximum absolute atomic E-state index is 13.2. The van der Waals surface area contributed by atoms with Crippen LogP contribution in [-0.4, -0.2) is 29.3 Å². The van der Waals surface area contributed by atoms with E-state index in [1.807, 2.05) is 30.3 Å². The van der Waals surface area contributed by atoms with Crippen LogP contribution in [0.5, 0.6) is 0 Å². The minimum absolute atomic E-state index is 0.00855. The maximum atomic E-state index is 13.2. The second-order valence-corrected chi connectivity index (χ2v) is 9.26. The van der Waals surface area contributed by atoms with Crippen molar-refractivity contribution in [1.29, 1.82) is 0 Å². The third-order valence-electron chi connectivity index (χ3n) is 5.26. The molecule has 0 bridgehead atoms. The molecule has 1 atom stereocenters. The molecule has 0 radical (unpaired) electrons. The van der Waals surface area contributed by atoms with Crippen molar-refractivity contribution in [1.82, 2.24) is 20.3 Å². The molecule has 0 spiro atoms. The van der Waals surface area contributed by atoms with Crippen LogP contribution in [0.25, 0.3) is 11.3 Å². The number of hydrogen-bond acceptors (Lipinski definition) is 5. The lowest BCUT2D eigenvalue weighted by Crippen LogP contribution is -2.34. The van der Waals surface area contributed by atoms with E-state index in [9.17, 15) is 17.6 Å². The van der Waals surface area contributed by atoms with Crippen LogP contribution in [0.1, 0.15) is 17.2 Å². The van der Waals surface area contributed by atoms with Crippen molar-refractivity contribution in [3.63, 3.8) is 0 Å². The van der Waals surface area contributed by atoms with E-state index in [0.717, 1.165) is 11.1 Å². The molecule has 1 unspecified atom stereocenters. The van der Waals surface area contributed by atoms with Crippen molar-refractivity contribution < 1.29 is 17.6 Å². The highest BCUT2D eigenvalue weighted by Gasteiger charge is 2.23. The Bertz CT molecular complexity index is 1370. The summed E-state index contributed by atoms with van der Waals surface area (Å²) in [5.74, 6) is -0.613. The summed E-state index contributed by atoms with van der Waals surface area (Å²) >= 11 is 0. The number of rotatable bonds is 8. The normalized spacial score (nSPS) is 12.3. The lowest BCUT2D eigenvalue weighted by molar-refractivity contribution is -0.124. The van der Waals surface area contributed by atoms with E-state index in [4.69, 9.17) is 5.14 Å². The van der Waals surface area contributed by atoms with Gasteiger partial charge in [-0.1, -0.05) is 59.8 Å². The van der Waals surface area contributed by atoms with Gasteiger partial charge in [0.05, 0.1) is 11.1 Å². The summed E-state index contributed by atoms with van der Waals surface area (Å²) in [5.41, 5.74) is 2.82. The first-order valence-electron chi connectivity index (χ1n) is 10.4. The number of carbonyl (C=O) groups excluding carboxylic acids is 1. The van der Waals surface area contributed by atoms with Crippen molar-refractivity contribution in [2.75, 3.05) is 0 Å². The predicted octanol–water partition coefficient (Wildman–Crippen LogP) is 2.83. The van der Waals surface area contributed by atoms with Crippen molar-refractivity contribution in [3.8, 4) is 11.3 Å². The summed E-state index contributed by atoms with van der Waals surface area (Å²) in [6.45, 7) is 0.237. The Hall–Kier alpha value is -3.89. The summed E-state index contributed by atoms with van der Waals surface area (Å²) in [6.07, 6.45) is 2.01. The molecule has 8 nitrogen and oxygen atoms in total. The van der Waals surface area contributed by atoms with Crippen molar-refractivity contribution >= 4 is 15.9 Å². The van der Waals surface area contributed by atoms with E-state index in [0.29, 0.717) is 17.7 Å². The first-order valence-corrected chi connectivity index (χ1v) is 12.0. The van der Waals surface area contributed by atoms with Crippen LogP contribution >= 0.6 is 0 Å². The quantitative estimate of drug-likeness (QED) is 0.403. The molecule has 1 amide bonds. The molecular formula is C24H22FN5O3S. The molecule has 0 aliphatic rings. The zero-order valence-corrected chi connectivity index (χ0v) is 18.8. The number of nitrogens with two attached hydrogens (primary N) is 1. The Kier molecular flexibility index (Phi) is 6.80. The highest BCUT2D eigenvalue weighted by Crippen LogP contribution is 2.21. The minimum Gasteiger partial charge on any atom is -0.350 e. The van der Waals surface area contributed by atoms with Crippen LogP contribution in [0.2, 0.25) is 0 Å². The molecule has 3 N–H and O–H groups in total. The number of halogens is 1. The average Bonchev–Trinajstić information content (AvgIpc) is 3.32. The molecule has 1 aromatic heterocycles. The van der Waals surface area contributed by atoms with Crippen molar-refractivity contribution in [2.24, 2.45) is 5.14 Å². The molecule has 0 saturated heterocycles. The Morgan fingerprint density at radius 3 is 2.29 bits per heavy atom. The summed E-state index contributed by atoms with van der Waals surface area (Å²) in [5, 5.41) is 16.4. The Morgan fingerprint density at radius 2 is 1.65 bits per heavy atom. The second kappa shape index (κ2) is 9.94. The third kappa shape index (κ3) is 5.72. The van der Waals surface area contributed by atoms with Gasteiger partial charge in [0.15, 0.2) is 0 Å². The minimum atomic E-state index is -3.80. The van der Waals surface area contributed by atoms with Crippen LogP contribution < -0.4 is 10.5 Å². The Morgan fingerprint density at radius 1 is 0.971 bits per heavy atom. The summed E-state index contributed by atoms with van der Waals surface area (Å²) < 4.78 is 37.6. The number of aromatic nitrogens is 3. The van der Waals surface area contributed by atoms with Crippen LogP contribution in [0.15, 0.2) is 90.0 Å². The van der Waals surface area contributed by atoms with Gasteiger partial charge >= 0.3 is 0 Å². The molecule has 3 aromatic carbocycles. The summed E-state index contributed by atoms with van der Waals surface area (Å²) in [4.78, 5) is 13.1. The van der Waals surface area contributed by atoms with Crippen LogP contribution in [0.3, 0.4) is 0 Å². The van der Waals surface area contributed by atoms with Crippen LogP contribution in [0.4, 0.5) is 4.39 Å². The van der Waals surface area contributed by atoms with E-state index >= 15 is 0 Å². The highest BCUT2D eigenvalue weighted by atomic mass is 32.2. The number of sulfonamides is 1. The smallest absolute Gasteiger partial charge is 0.245 e. The van der Waals surface area contributed by atoms with Gasteiger partial charge in [-0.2, -0.15) is 0 Å². The van der Waals surface area contributed by atoms with Gasteiger partial charge in [-0.15, -0.1) is 5.10 Å². The van der Waals surface area contributed by atoms with Crippen molar-refractivity contribution in [2.45, 2.75) is 23.9 Å². The molecule has 4 rings (SSSR count). The molecule has 4 aromatic rings. The van der Waals surface area contributed by atoms with Crippen LogP contribution in [0, 0.1) is 5.82 Å². The number of amides is 1. The molecule has 1 heterocycles.